The minimum atomic E-state index is -3.12. The Bertz CT molecular complexity index is 748. The summed E-state index contributed by atoms with van der Waals surface area (Å²) in [4.78, 5) is 13.8. The van der Waals surface area contributed by atoms with Crippen LogP contribution in [0, 0.1) is 0 Å². The van der Waals surface area contributed by atoms with Crippen LogP contribution < -0.4 is 0 Å². The minimum absolute atomic E-state index is 0.223. The average molecular weight is 309 g/mol. The van der Waals surface area contributed by atoms with Crippen molar-refractivity contribution < 1.29 is 17.6 Å². The van der Waals surface area contributed by atoms with E-state index in [0.29, 0.717) is 24.4 Å². The normalized spacial score (nSPS) is 19.1. The number of aromatic amines is 1. The molecule has 1 amide bonds. The molecule has 1 saturated heterocycles. The number of nitrogens with zero attached hydrogens (tertiary/aromatic N) is 2. The van der Waals surface area contributed by atoms with E-state index in [0.717, 1.165) is 0 Å². The number of nitrogens with one attached hydrogen (secondary N) is 1. The molecule has 3 rings (SSSR count). The zero-order valence-corrected chi connectivity index (χ0v) is 12.3. The summed E-state index contributed by atoms with van der Waals surface area (Å²) < 4.78 is 28.3. The highest BCUT2D eigenvalue weighted by Gasteiger charge is 2.33. The van der Waals surface area contributed by atoms with Crippen molar-refractivity contribution in [1.82, 2.24) is 15.1 Å². The fourth-order valence-corrected chi connectivity index (χ4v) is 3.40. The highest BCUT2D eigenvalue weighted by atomic mass is 32.2. The Balaban J connectivity index is 1.75. The number of carbonyl (C=O) groups excluding carboxylic acids is 1. The van der Waals surface area contributed by atoms with Crippen LogP contribution in [0.1, 0.15) is 16.9 Å². The number of hydrogen-bond acceptors (Lipinski definition) is 5. The molecule has 0 aromatic carbocycles. The topological polar surface area (TPSA) is 96.3 Å². The van der Waals surface area contributed by atoms with Crippen molar-refractivity contribution in [2.24, 2.45) is 0 Å². The Hall–Kier alpha value is -2.09. The number of carbonyl (C=O) groups is 1. The van der Waals surface area contributed by atoms with Crippen molar-refractivity contribution in [3.63, 3.8) is 0 Å². The van der Waals surface area contributed by atoms with Gasteiger partial charge in [0.25, 0.3) is 5.91 Å². The van der Waals surface area contributed by atoms with Crippen LogP contribution in [0.25, 0.3) is 11.5 Å². The van der Waals surface area contributed by atoms with Crippen molar-refractivity contribution in [2.45, 2.75) is 11.7 Å². The standard InChI is InChI=1S/C13H15N3O4S/c1-21(18,19)9-4-5-16(8-9)13(17)11-7-10(14-15-11)12-3-2-6-20-12/h2-3,6-7,9H,4-5,8H2,1H3,(H,14,15). The molecule has 1 N–H and O–H groups in total. The van der Waals surface area contributed by atoms with Gasteiger partial charge in [-0.1, -0.05) is 0 Å². The van der Waals surface area contributed by atoms with E-state index in [1.54, 1.807) is 18.2 Å². The lowest BCUT2D eigenvalue weighted by Gasteiger charge is -2.14. The summed E-state index contributed by atoms with van der Waals surface area (Å²) >= 11 is 0. The first-order valence-corrected chi connectivity index (χ1v) is 8.48. The quantitative estimate of drug-likeness (QED) is 0.909. The lowest BCUT2D eigenvalue weighted by Crippen LogP contribution is -2.31. The summed E-state index contributed by atoms with van der Waals surface area (Å²) in [6.07, 6.45) is 3.21. The Morgan fingerprint density at radius 1 is 1.52 bits per heavy atom. The monoisotopic (exact) mass is 309 g/mol. The summed E-state index contributed by atoms with van der Waals surface area (Å²) in [5, 5.41) is 6.24. The minimum Gasteiger partial charge on any atom is -0.463 e. The number of likely N-dealkylation sites (tertiary alicyclic amines) is 1. The van der Waals surface area contributed by atoms with E-state index in [4.69, 9.17) is 4.42 Å². The van der Waals surface area contributed by atoms with Crippen molar-refractivity contribution in [2.75, 3.05) is 19.3 Å². The third-order valence-electron chi connectivity index (χ3n) is 3.62. The van der Waals surface area contributed by atoms with Gasteiger partial charge in [-0.3, -0.25) is 9.89 Å². The first-order valence-electron chi connectivity index (χ1n) is 6.52. The van der Waals surface area contributed by atoms with Crippen LogP contribution in [0.15, 0.2) is 28.9 Å². The number of furan rings is 1. The van der Waals surface area contributed by atoms with Crippen LogP contribution in [-0.4, -0.2) is 54.0 Å². The lowest BCUT2D eigenvalue weighted by molar-refractivity contribution is 0.0787. The van der Waals surface area contributed by atoms with Gasteiger partial charge in [0.2, 0.25) is 0 Å². The molecule has 1 unspecified atom stereocenters. The van der Waals surface area contributed by atoms with Gasteiger partial charge >= 0.3 is 0 Å². The van der Waals surface area contributed by atoms with Crippen molar-refractivity contribution in [1.29, 1.82) is 0 Å². The zero-order valence-electron chi connectivity index (χ0n) is 11.4. The maximum absolute atomic E-state index is 12.3. The molecule has 1 aliphatic rings. The van der Waals surface area contributed by atoms with E-state index in [9.17, 15) is 13.2 Å². The predicted octanol–water partition coefficient (Wildman–Crippen LogP) is 0.929. The van der Waals surface area contributed by atoms with Gasteiger partial charge in [0.1, 0.15) is 5.69 Å². The Kier molecular flexibility index (Phi) is 3.32. The molecule has 112 valence electrons. The number of rotatable bonds is 3. The molecule has 0 radical (unpaired) electrons. The maximum Gasteiger partial charge on any atom is 0.274 e. The van der Waals surface area contributed by atoms with E-state index in [1.165, 1.54) is 17.4 Å². The third kappa shape index (κ3) is 2.71. The molecule has 1 aliphatic heterocycles. The van der Waals surface area contributed by atoms with E-state index in [-0.39, 0.29) is 18.1 Å². The second-order valence-corrected chi connectivity index (χ2v) is 7.46. The van der Waals surface area contributed by atoms with Crippen LogP contribution in [0.5, 0.6) is 0 Å². The van der Waals surface area contributed by atoms with Gasteiger partial charge < -0.3 is 9.32 Å². The van der Waals surface area contributed by atoms with Crippen molar-refractivity contribution in [3.05, 3.63) is 30.2 Å². The Labute approximate surface area is 121 Å². The molecule has 0 bridgehead atoms. The summed E-state index contributed by atoms with van der Waals surface area (Å²) in [5.41, 5.74) is 0.873. The summed E-state index contributed by atoms with van der Waals surface area (Å²) in [5.74, 6) is 0.326. The molecule has 8 heteroatoms. The van der Waals surface area contributed by atoms with E-state index < -0.39 is 15.1 Å². The SMILES string of the molecule is CS(=O)(=O)C1CCN(C(=O)c2cc(-c3ccco3)[nH]n2)C1. The summed E-state index contributed by atoms with van der Waals surface area (Å²) in [6, 6.07) is 5.11. The number of H-pyrrole nitrogens is 1. The smallest absolute Gasteiger partial charge is 0.274 e. The van der Waals surface area contributed by atoms with Crippen LogP contribution in [0.2, 0.25) is 0 Å². The molecule has 1 fully saturated rings. The molecule has 1 atom stereocenters. The number of hydrogen-bond donors (Lipinski definition) is 1. The maximum atomic E-state index is 12.3. The van der Waals surface area contributed by atoms with Crippen molar-refractivity contribution in [3.8, 4) is 11.5 Å². The molecule has 3 heterocycles. The average Bonchev–Trinajstić information content (AvgIpc) is 3.17. The molecule has 0 aliphatic carbocycles. The first-order chi connectivity index (χ1) is 9.95. The Morgan fingerprint density at radius 2 is 2.33 bits per heavy atom. The lowest BCUT2D eigenvalue weighted by atomic mass is 10.3. The molecule has 2 aromatic heterocycles. The van der Waals surface area contributed by atoms with Crippen LogP contribution in [-0.2, 0) is 9.84 Å². The third-order valence-corrected chi connectivity index (χ3v) is 5.22. The van der Waals surface area contributed by atoms with Crippen molar-refractivity contribution >= 4 is 15.7 Å². The zero-order chi connectivity index (χ0) is 15.0. The highest BCUT2D eigenvalue weighted by molar-refractivity contribution is 7.91. The largest absolute Gasteiger partial charge is 0.463 e. The summed E-state index contributed by atoms with van der Waals surface area (Å²) in [7, 11) is -3.12. The molecule has 0 saturated carbocycles. The van der Waals surface area contributed by atoms with Gasteiger partial charge in [-0.05, 0) is 18.6 Å². The van der Waals surface area contributed by atoms with Gasteiger partial charge in [-0.15, -0.1) is 0 Å². The number of amides is 1. The van der Waals surface area contributed by atoms with Gasteiger partial charge in [0.15, 0.2) is 21.3 Å². The molecule has 21 heavy (non-hydrogen) atoms. The highest BCUT2D eigenvalue weighted by Crippen LogP contribution is 2.21. The second kappa shape index (κ2) is 5.03. The fraction of sp³-hybridized carbons (Fsp3) is 0.385. The van der Waals surface area contributed by atoms with E-state index in [1.807, 2.05) is 0 Å². The predicted molar refractivity (Wildman–Crippen MR) is 75.4 cm³/mol. The summed E-state index contributed by atoms with van der Waals surface area (Å²) in [6.45, 7) is 0.653. The molecular weight excluding hydrogens is 294 g/mol. The molecule has 7 nitrogen and oxygen atoms in total. The first kappa shape index (κ1) is 13.9. The second-order valence-electron chi connectivity index (χ2n) is 5.14. The van der Waals surface area contributed by atoms with E-state index >= 15 is 0 Å². The van der Waals surface area contributed by atoms with E-state index in [2.05, 4.69) is 10.2 Å². The van der Waals surface area contributed by atoms with Gasteiger partial charge in [0.05, 0.1) is 11.5 Å². The molecule has 2 aromatic rings. The van der Waals surface area contributed by atoms with Gasteiger partial charge in [-0.25, -0.2) is 8.42 Å². The fourth-order valence-electron chi connectivity index (χ4n) is 2.41. The Morgan fingerprint density at radius 3 is 2.95 bits per heavy atom. The van der Waals surface area contributed by atoms with Crippen LogP contribution in [0.3, 0.4) is 0 Å². The van der Waals surface area contributed by atoms with Gasteiger partial charge in [-0.2, -0.15) is 5.10 Å². The van der Waals surface area contributed by atoms with Crippen LogP contribution in [0.4, 0.5) is 0 Å². The molecule has 0 spiro atoms. The van der Waals surface area contributed by atoms with Gasteiger partial charge in [0, 0.05) is 25.4 Å². The number of aromatic nitrogens is 2. The number of sulfone groups is 1. The van der Waals surface area contributed by atoms with Crippen LogP contribution >= 0.6 is 0 Å². The molecular formula is C13H15N3O4S.